The highest BCUT2D eigenvalue weighted by Crippen LogP contribution is 2.15. The fraction of sp³-hybridized carbons (Fsp3) is 0. The molecule has 120 valence electrons. The second kappa shape index (κ2) is 6.49. The van der Waals surface area contributed by atoms with E-state index in [1.165, 1.54) is 6.07 Å². The van der Waals surface area contributed by atoms with Gasteiger partial charge in [-0.3, -0.25) is 0 Å². The average molecular weight is 340 g/mol. The molecule has 3 aromatic carbocycles. The van der Waals surface area contributed by atoms with Gasteiger partial charge in [0.05, 0.1) is 0 Å². The van der Waals surface area contributed by atoms with Crippen LogP contribution < -0.4 is 15.6 Å². The number of rotatable bonds is 4. The van der Waals surface area contributed by atoms with E-state index in [4.69, 9.17) is 0 Å². The molecule has 0 radical (unpaired) electrons. The molecule has 0 fully saturated rings. The van der Waals surface area contributed by atoms with Crippen LogP contribution >= 0.6 is 0 Å². The first kappa shape index (κ1) is 16.3. The zero-order valence-electron chi connectivity index (χ0n) is 12.8. The third kappa shape index (κ3) is 2.49. The molecule has 0 aromatic heterocycles. The number of hydrogen-bond donors (Lipinski definition) is 0. The third-order valence-electron chi connectivity index (χ3n) is 4.22. The normalized spacial score (nSPS) is 11.3. The molecule has 0 nitrogen and oxygen atoms in total. The lowest BCUT2D eigenvalue weighted by atomic mass is 10.3. The third-order valence-corrected chi connectivity index (χ3v) is 8.56. The van der Waals surface area contributed by atoms with Crippen molar-refractivity contribution >= 4 is 23.6 Å². The van der Waals surface area contributed by atoms with Crippen LogP contribution in [0.3, 0.4) is 0 Å². The summed E-state index contributed by atoms with van der Waals surface area (Å²) >= 11 is 0. The maximum atomic E-state index is 14.7. The summed E-state index contributed by atoms with van der Waals surface area (Å²) < 4.78 is 42.0. The number of halogens is 3. The highest BCUT2D eigenvalue weighted by atomic mass is 28.3. The van der Waals surface area contributed by atoms with Crippen LogP contribution in [0.2, 0.25) is 0 Å². The van der Waals surface area contributed by atoms with E-state index in [9.17, 15) is 13.2 Å². The summed E-state index contributed by atoms with van der Waals surface area (Å²) in [5, 5.41) is 1.88. The minimum absolute atomic E-state index is 0.161. The first-order valence-electron chi connectivity index (χ1n) is 7.50. The molecule has 0 heterocycles. The van der Waals surface area contributed by atoms with E-state index in [0.29, 0.717) is 0 Å². The van der Waals surface area contributed by atoms with Gasteiger partial charge >= 0.3 is 0 Å². The summed E-state index contributed by atoms with van der Waals surface area (Å²) in [5.74, 6) is -3.78. The molecule has 3 rings (SSSR count). The molecule has 0 unspecified atom stereocenters. The molecule has 0 aliphatic rings. The van der Waals surface area contributed by atoms with Gasteiger partial charge in [-0.1, -0.05) is 72.4 Å². The summed E-state index contributed by atoms with van der Waals surface area (Å²) in [6.07, 6.45) is 0. The standard InChI is InChI=1S/C20H15F3Si/c1-2-24(15-9-5-3-6-10-15,16-11-7-4-8-12-16)18-14-13-17(21)19(22)20(18)23/h2-14H,1H2. The van der Waals surface area contributed by atoms with Crippen molar-refractivity contribution in [3.63, 3.8) is 0 Å². The van der Waals surface area contributed by atoms with Gasteiger partial charge < -0.3 is 0 Å². The topological polar surface area (TPSA) is 0 Å². The second-order valence-electron chi connectivity index (χ2n) is 5.47. The molecular formula is C20H15F3Si. The van der Waals surface area contributed by atoms with Gasteiger partial charge in [-0.25, -0.2) is 13.2 Å². The predicted octanol–water partition coefficient (Wildman–Crippen LogP) is 3.30. The maximum Gasteiger partial charge on any atom is 0.194 e. The van der Waals surface area contributed by atoms with E-state index in [1.807, 2.05) is 60.7 Å². The summed E-state index contributed by atoms with van der Waals surface area (Å²) in [6, 6.07) is 20.9. The van der Waals surface area contributed by atoms with Crippen LogP contribution in [0.1, 0.15) is 0 Å². The zero-order valence-corrected chi connectivity index (χ0v) is 13.8. The van der Waals surface area contributed by atoms with Crippen molar-refractivity contribution in [1.82, 2.24) is 0 Å². The molecule has 0 spiro atoms. The van der Waals surface area contributed by atoms with Crippen LogP contribution in [0.5, 0.6) is 0 Å². The van der Waals surface area contributed by atoms with E-state index in [-0.39, 0.29) is 5.19 Å². The van der Waals surface area contributed by atoms with Crippen molar-refractivity contribution in [1.29, 1.82) is 0 Å². The van der Waals surface area contributed by atoms with Crippen molar-refractivity contribution in [2.24, 2.45) is 0 Å². The van der Waals surface area contributed by atoms with E-state index in [1.54, 1.807) is 5.70 Å². The molecule has 0 atom stereocenters. The second-order valence-corrected chi connectivity index (χ2v) is 9.18. The molecule has 0 N–H and O–H groups in total. The lowest BCUT2D eigenvalue weighted by Gasteiger charge is -2.30. The van der Waals surface area contributed by atoms with E-state index in [0.717, 1.165) is 16.4 Å². The van der Waals surface area contributed by atoms with Gasteiger partial charge in [0.15, 0.2) is 25.5 Å². The average Bonchev–Trinajstić information content (AvgIpc) is 2.64. The molecule has 0 saturated carbocycles. The summed E-state index contributed by atoms with van der Waals surface area (Å²) in [4.78, 5) is 0. The Balaban J connectivity index is 2.40. The molecule has 3 aromatic rings. The first-order chi connectivity index (χ1) is 11.6. The van der Waals surface area contributed by atoms with Gasteiger partial charge in [0.1, 0.15) is 0 Å². The summed E-state index contributed by atoms with van der Waals surface area (Å²) in [7, 11) is -3.01. The van der Waals surface area contributed by atoms with Crippen LogP contribution in [0.4, 0.5) is 13.2 Å². The predicted molar refractivity (Wildman–Crippen MR) is 94.1 cm³/mol. The van der Waals surface area contributed by atoms with Crippen molar-refractivity contribution in [2.45, 2.75) is 0 Å². The molecule has 0 saturated heterocycles. The summed E-state index contributed by atoms with van der Waals surface area (Å²) in [6.45, 7) is 3.93. The van der Waals surface area contributed by atoms with Gasteiger partial charge in [-0.2, -0.15) is 0 Å². The Morgan fingerprint density at radius 1 is 0.667 bits per heavy atom. The molecular weight excluding hydrogens is 325 g/mol. The highest BCUT2D eigenvalue weighted by Gasteiger charge is 2.39. The zero-order chi connectivity index (χ0) is 17.2. The van der Waals surface area contributed by atoms with Gasteiger partial charge in [0.2, 0.25) is 0 Å². The highest BCUT2D eigenvalue weighted by molar-refractivity contribution is 7.14. The smallest absolute Gasteiger partial charge is 0.194 e. The van der Waals surface area contributed by atoms with Crippen molar-refractivity contribution in [3.05, 3.63) is 103 Å². The summed E-state index contributed by atoms with van der Waals surface area (Å²) in [5.41, 5.74) is 1.70. The molecule has 0 bridgehead atoms. The quantitative estimate of drug-likeness (QED) is 0.388. The van der Waals surface area contributed by atoms with E-state index >= 15 is 0 Å². The molecule has 0 aliphatic heterocycles. The van der Waals surface area contributed by atoms with Gasteiger partial charge in [-0.05, 0) is 21.6 Å². The maximum absolute atomic E-state index is 14.7. The minimum Gasteiger partial charge on any atom is -0.204 e. The van der Waals surface area contributed by atoms with Crippen LogP contribution in [-0.2, 0) is 0 Å². The van der Waals surface area contributed by atoms with Crippen LogP contribution in [0, 0.1) is 17.5 Å². The fourth-order valence-corrected chi connectivity index (χ4v) is 6.94. The van der Waals surface area contributed by atoms with Crippen LogP contribution in [-0.4, -0.2) is 8.07 Å². The molecule has 24 heavy (non-hydrogen) atoms. The molecule has 0 amide bonds. The Kier molecular flexibility index (Phi) is 4.40. The Morgan fingerprint density at radius 2 is 1.17 bits per heavy atom. The van der Waals surface area contributed by atoms with Crippen molar-refractivity contribution in [2.75, 3.05) is 0 Å². The fourth-order valence-electron chi connectivity index (χ4n) is 3.06. The van der Waals surface area contributed by atoms with Crippen molar-refractivity contribution in [3.8, 4) is 0 Å². The Hall–Kier alpha value is -2.59. The van der Waals surface area contributed by atoms with Gasteiger partial charge in [-0.15, -0.1) is 6.58 Å². The molecule has 0 aliphatic carbocycles. The van der Waals surface area contributed by atoms with E-state index < -0.39 is 25.5 Å². The van der Waals surface area contributed by atoms with E-state index in [2.05, 4.69) is 6.58 Å². The van der Waals surface area contributed by atoms with Crippen LogP contribution in [0.25, 0.3) is 0 Å². The largest absolute Gasteiger partial charge is 0.204 e. The lowest BCUT2D eigenvalue weighted by molar-refractivity contribution is 0.450. The lowest BCUT2D eigenvalue weighted by Crippen LogP contribution is -2.67. The van der Waals surface area contributed by atoms with Gasteiger partial charge in [0.25, 0.3) is 0 Å². The van der Waals surface area contributed by atoms with Crippen molar-refractivity contribution < 1.29 is 13.2 Å². The number of benzene rings is 3. The monoisotopic (exact) mass is 340 g/mol. The Morgan fingerprint density at radius 3 is 1.62 bits per heavy atom. The van der Waals surface area contributed by atoms with Crippen LogP contribution in [0.15, 0.2) is 85.1 Å². The van der Waals surface area contributed by atoms with Gasteiger partial charge in [0, 0.05) is 0 Å². The Labute approximate surface area is 139 Å². The minimum atomic E-state index is -3.01. The first-order valence-corrected chi connectivity index (χ1v) is 9.57. The Bertz CT molecular complexity index is 821. The SMILES string of the molecule is C=C[Si](c1ccccc1)(c1ccccc1)c1ccc(F)c(F)c1F. The number of hydrogen-bond acceptors (Lipinski definition) is 0. The molecule has 4 heteroatoms.